The summed E-state index contributed by atoms with van der Waals surface area (Å²) in [6.45, 7) is 10.2. The highest BCUT2D eigenvalue weighted by Gasteiger charge is 2.06. The second-order valence-electron chi connectivity index (χ2n) is 7.91. The van der Waals surface area contributed by atoms with Crippen LogP contribution < -0.4 is 14.4 Å². The number of hydrogen-bond donors (Lipinski definition) is 0. The van der Waals surface area contributed by atoms with Crippen molar-refractivity contribution in [2.75, 3.05) is 33.2 Å². The van der Waals surface area contributed by atoms with Crippen molar-refractivity contribution in [1.29, 1.82) is 0 Å². The lowest BCUT2D eigenvalue weighted by Gasteiger charge is -2.17. The predicted octanol–water partition coefficient (Wildman–Crippen LogP) is 8.52. The minimum absolute atomic E-state index is 0.144. The largest absolute Gasteiger partial charge is 0.497 e. The Morgan fingerprint density at radius 3 is 1.89 bits per heavy atom. The first kappa shape index (κ1) is 32.9. The molecule has 0 amide bonds. The average Bonchev–Trinajstić information content (AvgIpc) is 2.91. The molecule has 0 radical (unpaired) electrons. The molecule has 0 aromatic heterocycles. The third-order valence-electron chi connectivity index (χ3n) is 5.23. The second kappa shape index (κ2) is 19.1. The molecule has 0 bridgehead atoms. The standard InChI is InChI=1S/C11H17NO.C10H13FO.C8H9F.C2H6/c1-5-9-8-10(13-4)6-7-11(9)12(2)3;1-3-5-8-6-4-7-9(12-2)10(8)11;1-2-7-4-3-5-8(9)6-7;1-2/h6-8H,5H2,1-4H3;4,6-7H,3,5H2,1-2H3;3-6H,2H2,1H3;1-2H3. The molecule has 200 valence electrons. The summed E-state index contributed by atoms with van der Waals surface area (Å²) in [7, 11) is 7.29. The van der Waals surface area contributed by atoms with Gasteiger partial charge in [-0.1, -0.05) is 65.3 Å². The number of hydrogen-bond acceptors (Lipinski definition) is 3. The van der Waals surface area contributed by atoms with Gasteiger partial charge in [0.05, 0.1) is 14.2 Å². The summed E-state index contributed by atoms with van der Waals surface area (Å²) in [6, 6.07) is 18.1. The monoisotopic (exact) mass is 501 g/mol. The van der Waals surface area contributed by atoms with Gasteiger partial charge in [0.25, 0.3) is 0 Å². The quantitative estimate of drug-likeness (QED) is 0.324. The molecule has 0 fully saturated rings. The van der Waals surface area contributed by atoms with Gasteiger partial charge in [0.1, 0.15) is 11.6 Å². The molecule has 0 aliphatic rings. The van der Waals surface area contributed by atoms with Gasteiger partial charge in [-0.15, -0.1) is 0 Å². The molecule has 3 aromatic rings. The van der Waals surface area contributed by atoms with Crippen LogP contribution >= 0.6 is 0 Å². The average molecular weight is 502 g/mol. The van der Waals surface area contributed by atoms with Gasteiger partial charge in [-0.05, 0) is 72.4 Å². The van der Waals surface area contributed by atoms with Crippen molar-refractivity contribution in [3.8, 4) is 11.5 Å². The Morgan fingerprint density at radius 1 is 0.750 bits per heavy atom. The lowest BCUT2D eigenvalue weighted by molar-refractivity contribution is 0.384. The number of methoxy groups -OCH3 is 2. The van der Waals surface area contributed by atoms with Crippen molar-refractivity contribution in [3.63, 3.8) is 0 Å². The number of nitrogens with zero attached hydrogens (tertiary/aromatic N) is 1. The van der Waals surface area contributed by atoms with Crippen molar-refractivity contribution in [1.82, 2.24) is 0 Å². The molecule has 3 aromatic carbocycles. The molecule has 0 N–H and O–H groups in total. The highest BCUT2D eigenvalue weighted by atomic mass is 19.1. The lowest BCUT2D eigenvalue weighted by atomic mass is 10.1. The Bertz CT molecular complexity index is 990. The normalized spacial score (nSPS) is 9.42. The van der Waals surface area contributed by atoms with E-state index in [0.29, 0.717) is 5.75 Å². The third-order valence-corrected chi connectivity index (χ3v) is 5.23. The van der Waals surface area contributed by atoms with E-state index in [1.807, 2.05) is 45.9 Å². The smallest absolute Gasteiger partial charge is 0.168 e. The molecule has 0 spiro atoms. The van der Waals surface area contributed by atoms with Crippen LogP contribution in [0.4, 0.5) is 14.5 Å². The summed E-state index contributed by atoms with van der Waals surface area (Å²) >= 11 is 0. The molecule has 0 saturated heterocycles. The van der Waals surface area contributed by atoms with Crippen molar-refractivity contribution >= 4 is 5.69 Å². The summed E-state index contributed by atoms with van der Waals surface area (Å²) in [4.78, 5) is 2.12. The van der Waals surface area contributed by atoms with Gasteiger partial charge >= 0.3 is 0 Å². The van der Waals surface area contributed by atoms with E-state index in [1.165, 1.54) is 24.4 Å². The minimum Gasteiger partial charge on any atom is -0.497 e. The van der Waals surface area contributed by atoms with Crippen LogP contribution in [0.3, 0.4) is 0 Å². The highest BCUT2D eigenvalue weighted by molar-refractivity contribution is 5.55. The molecule has 36 heavy (non-hydrogen) atoms. The van der Waals surface area contributed by atoms with Crippen molar-refractivity contribution < 1.29 is 18.3 Å². The van der Waals surface area contributed by atoms with Crippen LogP contribution in [0.2, 0.25) is 0 Å². The first-order valence-electron chi connectivity index (χ1n) is 12.7. The zero-order valence-corrected chi connectivity index (χ0v) is 23.6. The fourth-order valence-electron chi connectivity index (χ4n) is 3.34. The van der Waals surface area contributed by atoms with E-state index >= 15 is 0 Å². The predicted molar refractivity (Wildman–Crippen MR) is 151 cm³/mol. The van der Waals surface area contributed by atoms with Crippen LogP contribution in [0.25, 0.3) is 0 Å². The molecule has 0 aliphatic heterocycles. The van der Waals surface area contributed by atoms with Gasteiger partial charge in [-0.25, -0.2) is 8.78 Å². The Hall–Kier alpha value is -3.08. The zero-order valence-electron chi connectivity index (χ0n) is 23.6. The first-order chi connectivity index (χ1) is 17.3. The number of ether oxygens (including phenoxy) is 2. The molecule has 0 heterocycles. The van der Waals surface area contributed by atoms with Gasteiger partial charge in [-0.2, -0.15) is 0 Å². The van der Waals surface area contributed by atoms with Crippen LogP contribution in [-0.2, 0) is 19.3 Å². The molecule has 3 rings (SSSR count). The van der Waals surface area contributed by atoms with E-state index in [2.05, 4.69) is 38.1 Å². The van der Waals surface area contributed by atoms with E-state index in [-0.39, 0.29) is 11.6 Å². The fourth-order valence-corrected chi connectivity index (χ4v) is 3.34. The van der Waals surface area contributed by atoms with E-state index in [9.17, 15) is 8.78 Å². The molecular weight excluding hydrogens is 456 g/mol. The summed E-state index contributed by atoms with van der Waals surface area (Å²) in [5, 5.41) is 0. The summed E-state index contributed by atoms with van der Waals surface area (Å²) in [5.41, 5.74) is 4.37. The number of rotatable bonds is 7. The maximum atomic E-state index is 13.3. The SMILES string of the molecule is CC.CCCc1cccc(OC)c1F.CCc1cc(OC)ccc1N(C)C.CCc1cccc(F)c1. The zero-order chi connectivity index (χ0) is 27.5. The van der Waals surface area contributed by atoms with Gasteiger partial charge in [-0.3, -0.25) is 0 Å². The molecule has 0 saturated carbocycles. The van der Waals surface area contributed by atoms with E-state index in [0.717, 1.165) is 42.6 Å². The van der Waals surface area contributed by atoms with Gasteiger partial charge in [0, 0.05) is 19.8 Å². The van der Waals surface area contributed by atoms with Gasteiger partial charge in [0.2, 0.25) is 0 Å². The fraction of sp³-hybridized carbons (Fsp3) is 0.419. The number of benzene rings is 3. The van der Waals surface area contributed by atoms with Crippen LogP contribution in [0.5, 0.6) is 11.5 Å². The molecule has 0 unspecified atom stereocenters. The van der Waals surface area contributed by atoms with Gasteiger partial charge in [0.15, 0.2) is 11.6 Å². The lowest BCUT2D eigenvalue weighted by Crippen LogP contribution is -2.10. The number of halogens is 2. The number of aryl methyl sites for hydroxylation is 3. The Balaban J connectivity index is 0.000000500. The summed E-state index contributed by atoms with van der Waals surface area (Å²) < 4.78 is 35.7. The van der Waals surface area contributed by atoms with Crippen LogP contribution in [0.15, 0.2) is 60.7 Å². The minimum atomic E-state index is -0.221. The second-order valence-corrected chi connectivity index (χ2v) is 7.91. The maximum absolute atomic E-state index is 13.3. The number of anilines is 1. The summed E-state index contributed by atoms with van der Waals surface area (Å²) in [5.74, 6) is 0.902. The van der Waals surface area contributed by atoms with Crippen LogP contribution in [0.1, 0.15) is 57.7 Å². The Morgan fingerprint density at radius 2 is 1.42 bits per heavy atom. The van der Waals surface area contributed by atoms with E-state index in [4.69, 9.17) is 9.47 Å². The van der Waals surface area contributed by atoms with E-state index < -0.39 is 0 Å². The van der Waals surface area contributed by atoms with Crippen molar-refractivity contribution in [2.24, 2.45) is 0 Å². The van der Waals surface area contributed by atoms with Crippen LogP contribution in [-0.4, -0.2) is 28.3 Å². The molecule has 3 nitrogen and oxygen atoms in total. The molecule has 5 heteroatoms. The van der Waals surface area contributed by atoms with Crippen molar-refractivity contribution in [2.45, 2.75) is 60.3 Å². The third kappa shape index (κ3) is 11.6. The van der Waals surface area contributed by atoms with Crippen molar-refractivity contribution in [3.05, 3.63) is 89.0 Å². The first-order valence-corrected chi connectivity index (χ1v) is 12.7. The molecule has 0 atom stereocenters. The molecular formula is C31H45F2NO2. The van der Waals surface area contributed by atoms with Crippen LogP contribution in [0, 0.1) is 11.6 Å². The van der Waals surface area contributed by atoms with Gasteiger partial charge < -0.3 is 14.4 Å². The highest BCUT2D eigenvalue weighted by Crippen LogP contribution is 2.24. The maximum Gasteiger partial charge on any atom is 0.168 e. The summed E-state index contributed by atoms with van der Waals surface area (Å²) in [6.07, 6.45) is 3.65. The molecule has 0 aliphatic carbocycles. The topological polar surface area (TPSA) is 21.7 Å². The van der Waals surface area contributed by atoms with E-state index in [1.54, 1.807) is 31.4 Å². The Labute approximate surface area is 218 Å². The Kier molecular flexibility index (Phi) is 17.5.